The summed E-state index contributed by atoms with van der Waals surface area (Å²) in [7, 11) is 2.20. The van der Waals surface area contributed by atoms with Crippen molar-refractivity contribution in [1.29, 1.82) is 0 Å². The highest BCUT2D eigenvalue weighted by atomic mass is 16.5. The van der Waals surface area contributed by atoms with E-state index in [1.54, 1.807) is 0 Å². The van der Waals surface area contributed by atoms with E-state index in [2.05, 4.69) is 32.7 Å². The van der Waals surface area contributed by atoms with Crippen LogP contribution >= 0.6 is 0 Å². The lowest BCUT2D eigenvalue weighted by molar-refractivity contribution is 0.00816. The highest BCUT2D eigenvalue weighted by Gasteiger charge is 2.34. The van der Waals surface area contributed by atoms with Gasteiger partial charge in [0.05, 0.1) is 12.2 Å². The lowest BCUT2D eigenvalue weighted by Gasteiger charge is -2.39. The van der Waals surface area contributed by atoms with Crippen LogP contribution < -0.4 is 0 Å². The number of likely N-dealkylation sites (N-methyl/N-ethyl adjacent to an activating group) is 1. The molecule has 0 aromatic rings. The van der Waals surface area contributed by atoms with Gasteiger partial charge in [0.2, 0.25) is 0 Å². The molecular formula is C16H31NO2. The van der Waals surface area contributed by atoms with Crippen molar-refractivity contribution in [2.24, 2.45) is 17.8 Å². The fourth-order valence-corrected chi connectivity index (χ4v) is 3.89. The van der Waals surface area contributed by atoms with E-state index in [0.29, 0.717) is 18.1 Å². The van der Waals surface area contributed by atoms with Crippen LogP contribution in [0.2, 0.25) is 0 Å². The Bertz CT molecular complexity index is 282. The summed E-state index contributed by atoms with van der Waals surface area (Å²) in [4.78, 5) is 2.42. The molecule has 2 fully saturated rings. The Balaban J connectivity index is 1.89. The third-order valence-corrected chi connectivity index (χ3v) is 5.35. The highest BCUT2D eigenvalue weighted by Crippen LogP contribution is 2.35. The SMILES string of the molecule is CC(C)C1CCC(O)C(CN(C)C2CCOC2C)C1. The first-order valence-corrected chi connectivity index (χ1v) is 7.99. The maximum absolute atomic E-state index is 10.3. The number of ether oxygens (including phenoxy) is 1. The third kappa shape index (κ3) is 3.71. The number of nitrogens with zero attached hydrogens (tertiary/aromatic N) is 1. The largest absolute Gasteiger partial charge is 0.393 e. The average molecular weight is 269 g/mol. The minimum atomic E-state index is -0.102. The van der Waals surface area contributed by atoms with Crippen molar-refractivity contribution >= 4 is 0 Å². The van der Waals surface area contributed by atoms with E-state index in [1.165, 1.54) is 12.8 Å². The van der Waals surface area contributed by atoms with Crippen molar-refractivity contribution in [2.75, 3.05) is 20.2 Å². The van der Waals surface area contributed by atoms with Crippen molar-refractivity contribution in [3.05, 3.63) is 0 Å². The van der Waals surface area contributed by atoms with Gasteiger partial charge in [-0.3, -0.25) is 0 Å². The third-order valence-electron chi connectivity index (χ3n) is 5.35. The Morgan fingerprint density at radius 3 is 2.58 bits per heavy atom. The molecule has 2 aliphatic rings. The number of rotatable bonds is 4. The summed E-state index contributed by atoms with van der Waals surface area (Å²) >= 11 is 0. The standard InChI is InChI=1S/C16H31NO2/c1-11(2)13-5-6-16(18)14(9-13)10-17(4)15-7-8-19-12(15)3/h11-16,18H,5-10H2,1-4H3. The molecule has 3 heteroatoms. The number of aliphatic hydroxyl groups excluding tert-OH is 1. The summed E-state index contributed by atoms with van der Waals surface area (Å²) in [6, 6.07) is 0.534. The quantitative estimate of drug-likeness (QED) is 0.851. The summed E-state index contributed by atoms with van der Waals surface area (Å²) in [5, 5.41) is 10.3. The van der Waals surface area contributed by atoms with Crippen LogP contribution in [0.4, 0.5) is 0 Å². The minimum Gasteiger partial charge on any atom is -0.393 e. The maximum atomic E-state index is 10.3. The van der Waals surface area contributed by atoms with Crippen molar-refractivity contribution < 1.29 is 9.84 Å². The molecule has 2 rings (SSSR count). The van der Waals surface area contributed by atoms with Gasteiger partial charge in [-0.15, -0.1) is 0 Å². The fourth-order valence-electron chi connectivity index (χ4n) is 3.89. The van der Waals surface area contributed by atoms with Crippen LogP contribution in [0.25, 0.3) is 0 Å². The summed E-state index contributed by atoms with van der Waals surface area (Å²) < 4.78 is 5.66. The van der Waals surface area contributed by atoms with Gasteiger partial charge in [0.25, 0.3) is 0 Å². The molecule has 19 heavy (non-hydrogen) atoms. The zero-order valence-corrected chi connectivity index (χ0v) is 13.0. The summed E-state index contributed by atoms with van der Waals surface area (Å²) in [5.74, 6) is 1.98. The number of aliphatic hydroxyl groups is 1. The van der Waals surface area contributed by atoms with E-state index in [-0.39, 0.29) is 6.10 Å². The van der Waals surface area contributed by atoms with Gasteiger partial charge in [0, 0.05) is 19.2 Å². The highest BCUT2D eigenvalue weighted by molar-refractivity contribution is 4.86. The van der Waals surface area contributed by atoms with Gasteiger partial charge < -0.3 is 14.7 Å². The van der Waals surface area contributed by atoms with E-state index < -0.39 is 0 Å². The molecular weight excluding hydrogens is 238 g/mol. The average Bonchev–Trinajstić information content (AvgIpc) is 2.78. The van der Waals surface area contributed by atoms with Crippen LogP contribution in [0.3, 0.4) is 0 Å². The van der Waals surface area contributed by atoms with Gasteiger partial charge in [-0.2, -0.15) is 0 Å². The smallest absolute Gasteiger partial charge is 0.0702 e. The zero-order valence-electron chi connectivity index (χ0n) is 13.0. The molecule has 112 valence electrons. The van der Waals surface area contributed by atoms with Crippen LogP contribution in [0.5, 0.6) is 0 Å². The van der Waals surface area contributed by atoms with E-state index >= 15 is 0 Å². The van der Waals surface area contributed by atoms with Crippen LogP contribution in [0.1, 0.15) is 46.5 Å². The van der Waals surface area contributed by atoms with Crippen molar-refractivity contribution in [1.82, 2.24) is 4.90 Å². The summed E-state index contributed by atoms with van der Waals surface area (Å²) in [5.41, 5.74) is 0. The zero-order chi connectivity index (χ0) is 14.0. The van der Waals surface area contributed by atoms with E-state index in [4.69, 9.17) is 4.74 Å². The lowest BCUT2D eigenvalue weighted by atomic mass is 9.74. The molecule has 1 heterocycles. The molecule has 0 amide bonds. The van der Waals surface area contributed by atoms with Gasteiger partial charge in [-0.1, -0.05) is 13.8 Å². The molecule has 0 aromatic heterocycles. The molecule has 1 saturated carbocycles. The molecule has 3 nitrogen and oxygen atoms in total. The monoisotopic (exact) mass is 269 g/mol. The van der Waals surface area contributed by atoms with Crippen molar-refractivity contribution in [3.8, 4) is 0 Å². The van der Waals surface area contributed by atoms with Crippen molar-refractivity contribution in [2.45, 2.75) is 64.7 Å². The van der Waals surface area contributed by atoms with Gasteiger partial charge in [-0.05, 0) is 57.4 Å². The second-order valence-electron chi connectivity index (χ2n) is 7.02. The van der Waals surface area contributed by atoms with Gasteiger partial charge in [0.15, 0.2) is 0 Å². The van der Waals surface area contributed by atoms with Crippen LogP contribution in [0.15, 0.2) is 0 Å². The lowest BCUT2D eigenvalue weighted by Crippen LogP contribution is -2.44. The predicted octanol–water partition coefficient (Wildman–Crippen LogP) is 2.53. The Morgan fingerprint density at radius 1 is 1.26 bits per heavy atom. The molecule has 5 atom stereocenters. The van der Waals surface area contributed by atoms with Gasteiger partial charge in [0.1, 0.15) is 0 Å². The summed E-state index contributed by atoms with van der Waals surface area (Å²) in [6.07, 6.45) is 4.74. The van der Waals surface area contributed by atoms with Crippen LogP contribution in [0, 0.1) is 17.8 Å². The Morgan fingerprint density at radius 2 is 2.00 bits per heavy atom. The minimum absolute atomic E-state index is 0.102. The Labute approximate surface area is 118 Å². The first kappa shape index (κ1) is 15.3. The summed E-state index contributed by atoms with van der Waals surface area (Å²) in [6.45, 7) is 8.70. The first-order valence-electron chi connectivity index (χ1n) is 7.99. The Hall–Kier alpha value is -0.120. The first-order chi connectivity index (χ1) is 8.99. The number of hydrogen-bond donors (Lipinski definition) is 1. The topological polar surface area (TPSA) is 32.7 Å². The van der Waals surface area contributed by atoms with E-state index in [9.17, 15) is 5.11 Å². The van der Waals surface area contributed by atoms with Crippen LogP contribution in [-0.2, 0) is 4.74 Å². The fraction of sp³-hybridized carbons (Fsp3) is 1.00. The molecule has 1 saturated heterocycles. The predicted molar refractivity (Wildman–Crippen MR) is 78.1 cm³/mol. The van der Waals surface area contributed by atoms with Gasteiger partial charge in [-0.25, -0.2) is 0 Å². The molecule has 1 N–H and O–H groups in total. The second kappa shape index (κ2) is 6.55. The Kier molecular flexibility index (Phi) is 5.27. The molecule has 1 aliphatic carbocycles. The molecule has 0 bridgehead atoms. The van der Waals surface area contributed by atoms with E-state index in [0.717, 1.165) is 37.8 Å². The number of hydrogen-bond acceptors (Lipinski definition) is 3. The van der Waals surface area contributed by atoms with Crippen molar-refractivity contribution in [3.63, 3.8) is 0 Å². The van der Waals surface area contributed by atoms with Gasteiger partial charge >= 0.3 is 0 Å². The normalized spacial score (nSPS) is 40.3. The van der Waals surface area contributed by atoms with E-state index in [1.807, 2.05) is 0 Å². The molecule has 0 spiro atoms. The second-order valence-corrected chi connectivity index (χ2v) is 7.02. The van der Waals surface area contributed by atoms with Crippen LogP contribution in [-0.4, -0.2) is 48.5 Å². The molecule has 0 radical (unpaired) electrons. The molecule has 1 aliphatic heterocycles. The molecule has 5 unspecified atom stereocenters. The maximum Gasteiger partial charge on any atom is 0.0702 e. The molecule has 0 aromatic carbocycles.